The molecule has 0 N–H and O–H groups in total. The molecule has 120 valence electrons. The highest BCUT2D eigenvalue weighted by Crippen LogP contribution is 2.26. The molecular formula is C14H20N4O2S2. The van der Waals surface area contributed by atoms with Crippen LogP contribution in [0.5, 0.6) is 0 Å². The van der Waals surface area contributed by atoms with Crippen LogP contribution >= 0.6 is 23.5 Å². The van der Waals surface area contributed by atoms with Crippen LogP contribution in [0.4, 0.5) is 0 Å². The minimum atomic E-state index is -0.374. The first kappa shape index (κ1) is 15.7. The molecule has 3 rings (SSSR count). The van der Waals surface area contributed by atoms with E-state index in [1.807, 2.05) is 23.6 Å². The number of aromatic nitrogens is 2. The van der Waals surface area contributed by atoms with Crippen LogP contribution in [0.2, 0.25) is 0 Å². The molecule has 3 heterocycles. The molecule has 0 bridgehead atoms. The van der Waals surface area contributed by atoms with Crippen molar-refractivity contribution in [3.63, 3.8) is 0 Å². The molecule has 2 amide bonds. The molecule has 2 aliphatic rings. The molecule has 8 heteroatoms. The van der Waals surface area contributed by atoms with Crippen LogP contribution < -0.4 is 0 Å². The predicted molar refractivity (Wildman–Crippen MR) is 88.8 cm³/mol. The standard InChI is InChI=1S/C14H20N4O2S2/c1-11(18-4-2-3-15-18)13(19)17-10-22-9-12(17)14(20)16-5-7-21-8-6-16/h2-4,11-12H,5-10H2,1H3. The smallest absolute Gasteiger partial charge is 0.248 e. The second-order valence-corrected chi connectivity index (χ2v) is 7.65. The van der Waals surface area contributed by atoms with Gasteiger partial charge >= 0.3 is 0 Å². The minimum absolute atomic E-state index is 0.0292. The second-order valence-electron chi connectivity index (χ2n) is 5.42. The van der Waals surface area contributed by atoms with Crippen molar-refractivity contribution >= 4 is 35.3 Å². The summed E-state index contributed by atoms with van der Waals surface area (Å²) in [6.45, 7) is 3.42. The van der Waals surface area contributed by atoms with Gasteiger partial charge in [-0.1, -0.05) is 0 Å². The van der Waals surface area contributed by atoms with Crippen LogP contribution in [0.3, 0.4) is 0 Å². The molecule has 2 fully saturated rings. The number of nitrogens with zero attached hydrogens (tertiary/aromatic N) is 4. The Morgan fingerprint density at radius 1 is 1.27 bits per heavy atom. The van der Waals surface area contributed by atoms with Crippen LogP contribution in [0, 0.1) is 0 Å². The van der Waals surface area contributed by atoms with Crippen LogP contribution in [0.25, 0.3) is 0 Å². The molecule has 2 aliphatic heterocycles. The number of carbonyl (C=O) groups is 2. The van der Waals surface area contributed by atoms with Crippen molar-refractivity contribution in [1.82, 2.24) is 19.6 Å². The zero-order chi connectivity index (χ0) is 15.5. The number of thioether (sulfide) groups is 2. The summed E-state index contributed by atoms with van der Waals surface area (Å²) >= 11 is 3.53. The van der Waals surface area contributed by atoms with Crippen molar-refractivity contribution in [3.8, 4) is 0 Å². The molecule has 0 radical (unpaired) electrons. The fraction of sp³-hybridized carbons (Fsp3) is 0.643. The maximum atomic E-state index is 12.7. The van der Waals surface area contributed by atoms with Crippen molar-refractivity contribution in [2.75, 3.05) is 36.2 Å². The van der Waals surface area contributed by atoms with Gasteiger partial charge in [-0.25, -0.2) is 0 Å². The van der Waals surface area contributed by atoms with Crippen LogP contribution in [0.1, 0.15) is 13.0 Å². The summed E-state index contributed by atoms with van der Waals surface area (Å²) in [5.74, 6) is 3.33. The molecule has 0 saturated carbocycles. The Morgan fingerprint density at radius 3 is 2.73 bits per heavy atom. The van der Waals surface area contributed by atoms with Gasteiger partial charge in [0.1, 0.15) is 12.1 Å². The number of rotatable bonds is 3. The minimum Gasteiger partial charge on any atom is -0.339 e. The first-order valence-corrected chi connectivity index (χ1v) is 9.73. The molecule has 2 atom stereocenters. The zero-order valence-electron chi connectivity index (χ0n) is 12.6. The topological polar surface area (TPSA) is 58.4 Å². The Bertz CT molecular complexity index is 531. The Kier molecular flexibility index (Phi) is 4.97. The molecule has 22 heavy (non-hydrogen) atoms. The van der Waals surface area contributed by atoms with Gasteiger partial charge in [-0.15, -0.1) is 11.8 Å². The summed E-state index contributed by atoms with van der Waals surface area (Å²) in [5.41, 5.74) is 0. The summed E-state index contributed by atoms with van der Waals surface area (Å²) < 4.78 is 1.64. The molecule has 0 aliphatic carbocycles. The van der Waals surface area contributed by atoms with Gasteiger partial charge in [0.05, 0.1) is 5.88 Å². The van der Waals surface area contributed by atoms with Crippen molar-refractivity contribution < 1.29 is 9.59 Å². The van der Waals surface area contributed by atoms with E-state index in [1.165, 1.54) is 0 Å². The van der Waals surface area contributed by atoms with Gasteiger partial charge in [-0.2, -0.15) is 16.9 Å². The van der Waals surface area contributed by atoms with E-state index in [4.69, 9.17) is 0 Å². The summed E-state index contributed by atoms with van der Waals surface area (Å²) in [7, 11) is 0. The third-order valence-electron chi connectivity index (χ3n) is 4.05. The maximum Gasteiger partial charge on any atom is 0.248 e. The Balaban J connectivity index is 1.69. The number of amides is 2. The lowest BCUT2D eigenvalue weighted by Gasteiger charge is -2.32. The van der Waals surface area contributed by atoms with Crippen molar-refractivity contribution in [2.24, 2.45) is 0 Å². The van der Waals surface area contributed by atoms with Gasteiger partial charge < -0.3 is 9.80 Å². The fourth-order valence-electron chi connectivity index (χ4n) is 2.72. The van der Waals surface area contributed by atoms with Gasteiger partial charge in [-0.05, 0) is 13.0 Å². The van der Waals surface area contributed by atoms with E-state index >= 15 is 0 Å². The summed E-state index contributed by atoms with van der Waals surface area (Å²) in [6.07, 6.45) is 3.45. The quantitative estimate of drug-likeness (QED) is 0.819. The summed E-state index contributed by atoms with van der Waals surface area (Å²) in [5, 5.41) is 4.13. The highest BCUT2D eigenvalue weighted by atomic mass is 32.2. The zero-order valence-corrected chi connectivity index (χ0v) is 14.2. The van der Waals surface area contributed by atoms with E-state index in [2.05, 4.69) is 5.10 Å². The first-order chi connectivity index (χ1) is 10.7. The van der Waals surface area contributed by atoms with Gasteiger partial charge in [-0.3, -0.25) is 14.3 Å². The first-order valence-electron chi connectivity index (χ1n) is 7.42. The third kappa shape index (κ3) is 3.12. The lowest BCUT2D eigenvalue weighted by Crippen LogP contribution is -2.52. The van der Waals surface area contributed by atoms with E-state index < -0.39 is 0 Å². The normalized spacial score (nSPS) is 23.6. The van der Waals surface area contributed by atoms with Gasteiger partial charge in [0.25, 0.3) is 0 Å². The average molecular weight is 340 g/mol. The van der Waals surface area contributed by atoms with Crippen LogP contribution in [-0.4, -0.2) is 73.7 Å². The van der Waals surface area contributed by atoms with Crippen LogP contribution in [-0.2, 0) is 9.59 Å². The van der Waals surface area contributed by atoms with Crippen molar-refractivity contribution in [3.05, 3.63) is 18.5 Å². The number of hydrogen-bond acceptors (Lipinski definition) is 5. The molecule has 0 aromatic carbocycles. The monoisotopic (exact) mass is 340 g/mol. The van der Waals surface area contributed by atoms with Crippen LogP contribution in [0.15, 0.2) is 18.5 Å². The molecule has 6 nitrogen and oxygen atoms in total. The van der Waals surface area contributed by atoms with E-state index in [1.54, 1.807) is 39.8 Å². The average Bonchev–Trinajstić information content (AvgIpc) is 3.24. The second kappa shape index (κ2) is 6.95. The molecule has 2 unspecified atom stereocenters. The Labute approximate surface area is 138 Å². The molecule has 1 aromatic rings. The molecule has 2 saturated heterocycles. The number of carbonyl (C=O) groups excluding carboxylic acids is 2. The fourth-order valence-corrected chi connectivity index (χ4v) is 4.78. The third-order valence-corrected chi connectivity index (χ3v) is 6.01. The predicted octanol–water partition coefficient (Wildman–Crippen LogP) is 0.921. The highest BCUT2D eigenvalue weighted by molar-refractivity contribution is 7.99. The van der Waals surface area contributed by atoms with Crippen molar-refractivity contribution in [2.45, 2.75) is 19.0 Å². The van der Waals surface area contributed by atoms with Gasteiger partial charge in [0, 0.05) is 42.7 Å². The lowest BCUT2D eigenvalue weighted by molar-refractivity contribution is -0.144. The Morgan fingerprint density at radius 2 is 2.05 bits per heavy atom. The SMILES string of the molecule is CC(C(=O)N1CSCC1C(=O)N1CCSCC1)n1cccn1. The maximum absolute atomic E-state index is 12.7. The number of hydrogen-bond donors (Lipinski definition) is 0. The molecule has 1 aromatic heterocycles. The summed E-state index contributed by atoms with van der Waals surface area (Å²) in [6, 6.07) is 1.11. The van der Waals surface area contributed by atoms with E-state index in [0.717, 1.165) is 24.6 Å². The highest BCUT2D eigenvalue weighted by Gasteiger charge is 2.39. The van der Waals surface area contributed by atoms with Crippen molar-refractivity contribution in [1.29, 1.82) is 0 Å². The van der Waals surface area contributed by atoms with Gasteiger partial charge in [0.2, 0.25) is 11.8 Å². The van der Waals surface area contributed by atoms with E-state index in [9.17, 15) is 9.59 Å². The Hall–Kier alpha value is -1.15. The summed E-state index contributed by atoms with van der Waals surface area (Å²) in [4.78, 5) is 29.1. The molecular weight excluding hydrogens is 320 g/mol. The van der Waals surface area contributed by atoms with E-state index in [0.29, 0.717) is 11.6 Å². The van der Waals surface area contributed by atoms with E-state index in [-0.39, 0.29) is 23.9 Å². The largest absolute Gasteiger partial charge is 0.339 e. The molecule has 0 spiro atoms. The van der Waals surface area contributed by atoms with Gasteiger partial charge in [0.15, 0.2) is 0 Å². The lowest BCUT2D eigenvalue weighted by atomic mass is 10.2.